The highest BCUT2D eigenvalue weighted by Crippen LogP contribution is 2.26. The second kappa shape index (κ2) is 9.61. The number of ether oxygens (including phenoxy) is 1. The molecule has 1 N–H and O–H groups in total. The Morgan fingerprint density at radius 3 is 2.26 bits per heavy atom. The smallest absolute Gasteiger partial charge is 0.264 e. The van der Waals surface area contributed by atoms with Crippen LogP contribution in [0.3, 0.4) is 0 Å². The summed E-state index contributed by atoms with van der Waals surface area (Å²) in [5.41, 5.74) is 0.947. The zero-order chi connectivity index (χ0) is 22.4. The lowest BCUT2D eigenvalue weighted by atomic mass is 10.1. The Balaban J connectivity index is 1.88. The molecule has 0 unspecified atom stereocenters. The maximum absolute atomic E-state index is 13.4. The minimum absolute atomic E-state index is 0.0323. The summed E-state index contributed by atoms with van der Waals surface area (Å²) in [6.45, 7) is 1.31. The summed E-state index contributed by atoms with van der Waals surface area (Å²) >= 11 is 0. The van der Waals surface area contributed by atoms with Crippen LogP contribution >= 0.6 is 0 Å². The van der Waals surface area contributed by atoms with E-state index in [0.29, 0.717) is 5.75 Å². The van der Waals surface area contributed by atoms with Crippen molar-refractivity contribution in [1.29, 1.82) is 0 Å². The minimum Gasteiger partial charge on any atom is -0.496 e. The van der Waals surface area contributed by atoms with Gasteiger partial charge in [-0.15, -0.1) is 0 Å². The maximum Gasteiger partial charge on any atom is 0.264 e. The molecule has 0 bridgehead atoms. The zero-order valence-corrected chi connectivity index (χ0v) is 18.0. The molecule has 0 radical (unpaired) electrons. The summed E-state index contributed by atoms with van der Waals surface area (Å²) in [6, 6.07) is 19.6. The molecular formula is C23H23FN2O4S. The average Bonchev–Trinajstić information content (AvgIpc) is 2.78. The molecule has 3 aromatic carbocycles. The molecule has 0 spiro atoms. The summed E-state index contributed by atoms with van der Waals surface area (Å²) < 4.78 is 46.2. The number of methoxy groups -OCH3 is 1. The predicted octanol–water partition coefficient (Wildman–Crippen LogP) is 3.91. The van der Waals surface area contributed by atoms with Crippen LogP contribution in [0, 0.1) is 5.82 Å². The van der Waals surface area contributed by atoms with E-state index in [4.69, 9.17) is 4.74 Å². The van der Waals surface area contributed by atoms with Crippen molar-refractivity contribution >= 4 is 21.6 Å². The Hall–Kier alpha value is -3.39. The van der Waals surface area contributed by atoms with Gasteiger partial charge in [-0.05, 0) is 49.4 Å². The zero-order valence-electron chi connectivity index (χ0n) is 17.2. The van der Waals surface area contributed by atoms with Gasteiger partial charge in [0.05, 0.1) is 23.7 Å². The number of nitrogens with one attached hydrogen (secondary N) is 1. The lowest BCUT2D eigenvalue weighted by molar-refractivity contribution is -0.120. The molecule has 0 aromatic heterocycles. The van der Waals surface area contributed by atoms with Crippen LogP contribution in [-0.2, 0) is 14.8 Å². The number of hydrogen-bond donors (Lipinski definition) is 1. The summed E-state index contributed by atoms with van der Waals surface area (Å²) in [5, 5.41) is 2.81. The second-order valence-corrected chi connectivity index (χ2v) is 8.69. The quantitative estimate of drug-likeness (QED) is 0.574. The normalized spacial score (nSPS) is 12.1. The van der Waals surface area contributed by atoms with E-state index in [1.807, 2.05) is 18.2 Å². The fourth-order valence-electron chi connectivity index (χ4n) is 3.16. The van der Waals surface area contributed by atoms with Crippen molar-refractivity contribution in [1.82, 2.24) is 5.32 Å². The predicted molar refractivity (Wildman–Crippen MR) is 117 cm³/mol. The Morgan fingerprint density at radius 1 is 1.00 bits per heavy atom. The number of carbonyl (C=O) groups is 1. The number of rotatable bonds is 8. The molecular weight excluding hydrogens is 419 g/mol. The van der Waals surface area contributed by atoms with Crippen LogP contribution in [0.2, 0.25) is 0 Å². The van der Waals surface area contributed by atoms with Crippen molar-refractivity contribution in [2.45, 2.75) is 17.9 Å². The van der Waals surface area contributed by atoms with Gasteiger partial charge in [0.2, 0.25) is 5.91 Å². The van der Waals surface area contributed by atoms with E-state index in [1.54, 1.807) is 31.2 Å². The van der Waals surface area contributed by atoms with Crippen LogP contribution in [0.4, 0.5) is 10.1 Å². The van der Waals surface area contributed by atoms with E-state index in [9.17, 15) is 17.6 Å². The van der Waals surface area contributed by atoms with Crippen molar-refractivity contribution in [2.24, 2.45) is 0 Å². The Bertz CT molecular complexity index is 1140. The van der Waals surface area contributed by atoms with E-state index in [2.05, 4.69) is 5.32 Å². The van der Waals surface area contributed by atoms with Gasteiger partial charge >= 0.3 is 0 Å². The van der Waals surface area contributed by atoms with Gasteiger partial charge < -0.3 is 10.1 Å². The van der Waals surface area contributed by atoms with Crippen LogP contribution in [0.1, 0.15) is 18.5 Å². The van der Waals surface area contributed by atoms with Crippen molar-refractivity contribution in [2.75, 3.05) is 18.0 Å². The van der Waals surface area contributed by atoms with Gasteiger partial charge in [-0.25, -0.2) is 12.8 Å². The molecule has 0 aliphatic heterocycles. The number of nitrogens with zero attached hydrogens (tertiary/aromatic N) is 1. The molecule has 0 saturated heterocycles. The van der Waals surface area contributed by atoms with Crippen LogP contribution in [0.15, 0.2) is 83.8 Å². The summed E-state index contributed by atoms with van der Waals surface area (Å²) in [6.07, 6.45) is 0. The van der Waals surface area contributed by atoms with Crippen molar-refractivity contribution in [3.63, 3.8) is 0 Å². The molecule has 31 heavy (non-hydrogen) atoms. The second-order valence-electron chi connectivity index (χ2n) is 6.83. The molecule has 1 amide bonds. The largest absolute Gasteiger partial charge is 0.496 e. The number of halogens is 1. The number of sulfonamides is 1. The molecule has 0 heterocycles. The molecule has 1 atom stereocenters. The molecule has 0 fully saturated rings. The van der Waals surface area contributed by atoms with Crippen LogP contribution < -0.4 is 14.4 Å². The van der Waals surface area contributed by atoms with E-state index in [0.717, 1.165) is 22.0 Å². The van der Waals surface area contributed by atoms with E-state index >= 15 is 0 Å². The number of para-hydroxylation sites is 1. The first-order valence-electron chi connectivity index (χ1n) is 9.58. The third-order valence-corrected chi connectivity index (χ3v) is 6.50. The third-order valence-electron chi connectivity index (χ3n) is 4.72. The van der Waals surface area contributed by atoms with Gasteiger partial charge in [0.25, 0.3) is 10.0 Å². The Labute approximate surface area is 181 Å². The van der Waals surface area contributed by atoms with Crippen LogP contribution in [0.5, 0.6) is 5.75 Å². The fraction of sp³-hybridized carbons (Fsp3) is 0.174. The minimum atomic E-state index is -4.05. The lowest BCUT2D eigenvalue weighted by Crippen LogP contribution is -2.41. The summed E-state index contributed by atoms with van der Waals surface area (Å²) in [5.74, 6) is -0.403. The first-order valence-corrected chi connectivity index (χ1v) is 11.0. The molecule has 3 rings (SSSR count). The summed E-state index contributed by atoms with van der Waals surface area (Å²) in [4.78, 5) is 12.9. The number of benzene rings is 3. The maximum atomic E-state index is 13.4. The van der Waals surface area contributed by atoms with Crippen molar-refractivity contribution in [3.05, 3.63) is 90.2 Å². The molecule has 0 aliphatic carbocycles. The van der Waals surface area contributed by atoms with Crippen molar-refractivity contribution < 1.29 is 22.3 Å². The molecule has 3 aromatic rings. The number of anilines is 1. The van der Waals surface area contributed by atoms with E-state index in [-0.39, 0.29) is 10.6 Å². The molecule has 0 saturated carbocycles. The highest BCUT2D eigenvalue weighted by atomic mass is 32.2. The van der Waals surface area contributed by atoms with E-state index in [1.165, 1.54) is 31.4 Å². The van der Waals surface area contributed by atoms with Gasteiger partial charge in [0.15, 0.2) is 0 Å². The van der Waals surface area contributed by atoms with Gasteiger partial charge in [-0.2, -0.15) is 0 Å². The Morgan fingerprint density at radius 2 is 1.61 bits per heavy atom. The fourth-order valence-corrected chi connectivity index (χ4v) is 4.60. The van der Waals surface area contributed by atoms with Crippen molar-refractivity contribution in [3.8, 4) is 5.75 Å². The SMILES string of the molecule is COc1ccccc1[C@H](C)NC(=O)CN(c1ccc(F)cc1)S(=O)(=O)c1ccccc1. The number of carbonyl (C=O) groups excluding carboxylic acids is 1. The molecule has 8 heteroatoms. The highest BCUT2D eigenvalue weighted by molar-refractivity contribution is 7.92. The molecule has 6 nitrogen and oxygen atoms in total. The number of amides is 1. The highest BCUT2D eigenvalue weighted by Gasteiger charge is 2.28. The van der Waals surface area contributed by atoms with Gasteiger partial charge in [-0.3, -0.25) is 9.10 Å². The first kappa shape index (κ1) is 22.3. The topological polar surface area (TPSA) is 75.7 Å². The first-order chi connectivity index (χ1) is 14.8. The summed E-state index contributed by atoms with van der Waals surface area (Å²) in [7, 11) is -2.51. The molecule has 162 valence electrons. The van der Waals surface area contributed by atoms with Gasteiger partial charge in [-0.1, -0.05) is 36.4 Å². The Kier molecular flexibility index (Phi) is 6.91. The lowest BCUT2D eigenvalue weighted by Gasteiger charge is -2.25. The van der Waals surface area contributed by atoms with Crippen LogP contribution in [0.25, 0.3) is 0 Å². The van der Waals surface area contributed by atoms with Gasteiger partial charge in [0.1, 0.15) is 18.1 Å². The third kappa shape index (κ3) is 5.21. The van der Waals surface area contributed by atoms with Crippen LogP contribution in [-0.4, -0.2) is 28.0 Å². The molecule has 0 aliphatic rings. The van der Waals surface area contributed by atoms with E-state index < -0.39 is 34.3 Å². The van der Waals surface area contributed by atoms with Gasteiger partial charge in [0, 0.05) is 5.56 Å². The monoisotopic (exact) mass is 442 g/mol. The number of hydrogen-bond acceptors (Lipinski definition) is 4. The standard InChI is InChI=1S/C23H23FN2O4S/c1-17(21-10-6-7-11-22(21)30-2)25-23(27)16-26(19-14-12-18(24)13-15-19)31(28,29)20-8-4-3-5-9-20/h3-15,17H,16H2,1-2H3,(H,25,27)/t17-/m0/s1. The average molecular weight is 443 g/mol.